The highest BCUT2D eigenvalue weighted by atomic mass is 16.5. The summed E-state index contributed by atoms with van der Waals surface area (Å²) >= 11 is 0. The maximum atomic E-state index is 11.5. The van der Waals surface area contributed by atoms with E-state index < -0.39 is 5.97 Å². The van der Waals surface area contributed by atoms with Crippen molar-refractivity contribution in [2.24, 2.45) is 0 Å². The van der Waals surface area contributed by atoms with Gasteiger partial charge in [0.2, 0.25) is 0 Å². The van der Waals surface area contributed by atoms with Gasteiger partial charge >= 0.3 is 5.97 Å². The molecule has 18 heavy (non-hydrogen) atoms. The normalized spacial score (nSPS) is 10.3. The van der Waals surface area contributed by atoms with Crippen molar-refractivity contribution in [3.63, 3.8) is 0 Å². The number of unbranched alkanes of at least 4 members (excludes halogenated alkanes) is 1. The highest BCUT2D eigenvalue weighted by molar-refractivity contribution is 5.69. The smallest absolute Gasteiger partial charge is 0.326 e. The molecular weight excluding hydrogens is 236 g/mol. The van der Waals surface area contributed by atoms with E-state index in [-0.39, 0.29) is 12.1 Å². The molecular formula is C12H18N2O4. The first-order valence-electron chi connectivity index (χ1n) is 5.74. The van der Waals surface area contributed by atoms with Gasteiger partial charge in [-0.3, -0.25) is 9.59 Å². The number of carbonyl (C=O) groups is 1. The molecule has 0 saturated carbocycles. The van der Waals surface area contributed by atoms with Crippen LogP contribution in [0.1, 0.15) is 12.8 Å². The standard InChI is InChI=1S/C12H18N2O4/c1-17-6-2-3-7-18-12(16)9-14-8-10(13)4-5-11(14)15/h4-5,8H,2-3,6-7,9,13H2,1H3. The molecule has 0 atom stereocenters. The number of nitrogens with two attached hydrogens (primary N) is 1. The molecule has 0 aliphatic carbocycles. The van der Waals surface area contributed by atoms with Crippen molar-refractivity contribution in [3.8, 4) is 0 Å². The molecule has 6 heteroatoms. The summed E-state index contributed by atoms with van der Waals surface area (Å²) in [6.07, 6.45) is 3.00. The van der Waals surface area contributed by atoms with Crippen LogP contribution in [0.25, 0.3) is 0 Å². The third-order valence-electron chi connectivity index (χ3n) is 2.31. The van der Waals surface area contributed by atoms with Crippen molar-refractivity contribution in [2.45, 2.75) is 19.4 Å². The third kappa shape index (κ3) is 5.01. The summed E-state index contributed by atoms with van der Waals surface area (Å²) in [6.45, 7) is 0.861. The minimum atomic E-state index is -0.444. The van der Waals surface area contributed by atoms with E-state index in [2.05, 4.69) is 0 Å². The average Bonchev–Trinajstić information content (AvgIpc) is 2.33. The summed E-state index contributed by atoms with van der Waals surface area (Å²) < 4.78 is 11.1. The number of esters is 1. The summed E-state index contributed by atoms with van der Waals surface area (Å²) in [5, 5.41) is 0. The molecule has 1 aromatic heterocycles. The summed E-state index contributed by atoms with van der Waals surface area (Å²) in [6, 6.07) is 2.82. The molecule has 6 nitrogen and oxygen atoms in total. The van der Waals surface area contributed by atoms with Gasteiger partial charge in [-0.05, 0) is 18.9 Å². The number of carbonyl (C=O) groups excluding carboxylic acids is 1. The fourth-order valence-electron chi connectivity index (χ4n) is 1.39. The van der Waals surface area contributed by atoms with E-state index in [1.54, 1.807) is 7.11 Å². The lowest BCUT2D eigenvalue weighted by atomic mass is 10.3. The monoisotopic (exact) mass is 254 g/mol. The van der Waals surface area contributed by atoms with Crippen LogP contribution in [0.3, 0.4) is 0 Å². The number of anilines is 1. The van der Waals surface area contributed by atoms with Crippen LogP contribution in [0.4, 0.5) is 5.69 Å². The van der Waals surface area contributed by atoms with Crippen molar-refractivity contribution < 1.29 is 14.3 Å². The van der Waals surface area contributed by atoms with Crippen LogP contribution in [0.2, 0.25) is 0 Å². The molecule has 0 unspecified atom stereocenters. The van der Waals surface area contributed by atoms with Gasteiger partial charge in [0, 0.05) is 31.7 Å². The van der Waals surface area contributed by atoms with Crippen molar-refractivity contribution in [1.29, 1.82) is 0 Å². The molecule has 1 rings (SSSR count). The van der Waals surface area contributed by atoms with Gasteiger partial charge in [0.05, 0.1) is 6.61 Å². The Morgan fingerprint density at radius 3 is 2.78 bits per heavy atom. The van der Waals surface area contributed by atoms with Crippen LogP contribution in [-0.2, 0) is 20.8 Å². The van der Waals surface area contributed by atoms with Crippen LogP contribution >= 0.6 is 0 Å². The van der Waals surface area contributed by atoms with E-state index in [1.165, 1.54) is 22.9 Å². The molecule has 1 heterocycles. The summed E-state index contributed by atoms with van der Waals surface area (Å²) in [4.78, 5) is 22.9. The summed E-state index contributed by atoms with van der Waals surface area (Å²) in [5.74, 6) is -0.444. The molecule has 100 valence electrons. The minimum absolute atomic E-state index is 0.117. The van der Waals surface area contributed by atoms with Gasteiger partial charge < -0.3 is 19.8 Å². The van der Waals surface area contributed by atoms with E-state index in [1.807, 2.05) is 0 Å². The number of pyridine rings is 1. The second-order valence-corrected chi connectivity index (χ2v) is 3.85. The number of methoxy groups -OCH3 is 1. The maximum Gasteiger partial charge on any atom is 0.326 e. The van der Waals surface area contributed by atoms with Crippen molar-refractivity contribution in [1.82, 2.24) is 4.57 Å². The molecule has 0 aromatic carbocycles. The Labute approximate surface area is 105 Å². The number of nitrogens with zero attached hydrogens (tertiary/aromatic N) is 1. The van der Waals surface area contributed by atoms with Gasteiger partial charge in [-0.1, -0.05) is 0 Å². The molecule has 0 bridgehead atoms. The molecule has 1 aromatic rings. The molecule has 2 N–H and O–H groups in total. The Morgan fingerprint density at radius 2 is 2.06 bits per heavy atom. The topological polar surface area (TPSA) is 83.6 Å². The average molecular weight is 254 g/mol. The first-order valence-corrected chi connectivity index (χ1v) is 5.74. The van der Waals surface area contributed by atoms with Gasteiger partial charge in [0.25, 0.3) is 5.56 Å². The molecule has 0 aliphatic heterocycles. The number of nitrogen functional groups attached to an aromatic ring is 1. The Balaban J connectivity index is 2.35. The van der Waals surface area contributed by atoms with E-state index in [4.69, 9.17) is 15.2 Å². The number of hydrogen-bond donors (Lipinski definition) is 1. The number of ether oxygens (including phenoxy) is 2. The molecule has 0 saturated heterocycles. The van der Waals surface area contributed by atoms with Crippen molar-refractivity contribution in [2.75, 3.05) is 26.1 Å². The summed E-state index contributed by atoms with van der Waals surface area (Å²) in [5.41, 5.74) is 5.69. The number of aromatic nitrogens is 1. The largest absolute Gasteiger partial charge is 0.464 e. The predicted molar refractivity (Wildman–Crippen MR) is 67.2 cm³/mol. The van der Waals surface area contributed by atoms with E-state index in [9.17, 15) is 9.59 Å². The molecule has 0 fully saturated rings. The second-order valence-electron chi connectivity index (χ2n) is 3.85. The quantitative estimate of drug-likeness (QED) is 0.562. The van der Waals surface area contributed by atoms with Crippen LogP contribution in [-0.4, -0.2) is 30.9 Å². The Morgan fingerprint density at radius 1 is 1.33 bits per heavy atom. The Bertz CT molecular complexity index is 442. The van der Waals surface area contributed by atoms with Gasteiger partial charge in [0.1, 0.15) is 6.54 Å². The van der Waals surface area contributed by atoms with Crippen molar-refractivity contribution in [3.05, 3.63) is 28.7 Å². The zero-order valence-corrected chi connectivity index (χ0v) is 10.4. The minimum Gasteiger partial charge on any atom is -0.464 e. The van der Waals surface area contributed by atoms with Gasteiger partial charge in [0.15, 0.2) is 0 Å². The fraction of sp³-hybridized carbons (Fsp3) is 0.500. The van der Waals surface area contributed by atoms with E-state index in [0.29, 0.717) is 18.9 Å². The van der Waals surface area contributed by atoms with Crippen molar-refractivity contribution >= 4 is 11.7 Å². The number of hydrogen-bond acceptors (Lipinski definition) is 5. The molecule has 0 spiro atoms. The highest BCUT2D eigenvalue weighted by Crippen LogP contribution is 1.97. The first kappa shape index (κ1) is 14.2. The van der Waals surface area contributed by atoms with Crippen LogP contribution < -0.4 is 11.3 Å². The first-order chi connectivity index (χ1) is 8.63. The van der Waals surface area contributed by atoms with Gasteiger partial charge in [-0.15, -0.1) is 0 Å². The maximum absolute atomic E-state index is 11.5. The SMILES string of the molecule is COCCCCOC(=O)Cn1cc(N)ccc1=O. The zero-order chi connectivity index (χ0) is 13.4. The Kier molecular flexibility index (Phi) is 5.93. The lowest BCUT2D eigenvalue weighted by Gasteiger charge is -2.07. The van der Waals surface area contributed by atoms with Gasteiger partial charge in [-0.25, -0.2) is 0 Å². The lowest BCUT2D eigenvalue weighted by Crippen LogP contribution is -2.24. The third-order valence-corrected chi connectivity index (χ3v) is 2.31. The fourth-order valence-corrected chi connectivity index (χ4v) is 1.39. The van der Waals surface area contributed by atoms with E-state index in [0.717, 1.165) is 12.8 Å². The Hall–Kier alpha value is -1.82. The lowest BCUT2D eigenvalue weighted by molar-refractivity contribution is -0.144. The molecule has 0 amide bonds. The van der Waals surface area contributed by atoms with Crippen LogP contribution in [0.5, 0.6) is 0 Å². The highest BCUT2D eigenvalue weighted by Gasteiger charge is 2.05. The molecule has 0 aliphatic rings. The zero-order valence-electron chi connectivity index (χ0n) is 10.4. The number of rotatable bonds is 7. The van der Waals surface area contributed by atoms with Crippen LogP contribution in [0, 0.1) is 0 Å². The van der Waals surface area contributed by atoms with Crippen LogP contribution in [0.15, 0.2) is 23.1 Å². The summed E-state index contributed by atoms with van der Waals surface area (Å²) in [7, 11) is 1.62. The molecule has 0 radical (unpaired) electrons. The second kappa shape index (κ2) is 7.50. The predicted octanol–water partition coefficient (Wildman–Crippen LogP) is 0.400. The van der Waals surface area contributed by atoms with E-state index >= 15 is 0 Å². The van der Waals surface area contributed by atoms with Gasteiger partial charge in [-0.2, -0.15) is 0 Å².